The molecule has 0 unspecified atom stereocenters. The van der Waals surface area contributed by atoms with Gasteiger partial charge in [-0.2, -0.15) is 0 Å². The van der Waals surface area contributed by atoms with Crippen molar-refractivity contribution in [3.8, 4) is 0 Å². The van der Waals surface area contributed by atoms with Crippen molar-refractivity contribution in [1.29, 1.82) is 0 Å². The largest absolute Gasteiger partial charge is 0.380 e. The molecule has 0 bridgehead atoms. The van der Waals surface area contributed by atoms with Crippen molar-refractivity contribution in [2.24, 2.45) is 0 Å². The van der Waals surface area contributed by atoms with Gasteiger partial charge in [0, 0.05) is 19.7 Å². The van der Waals surface area contributed by atoms with Crippen molar-refractivity contribution >= 4 is 11.8 Å². The quantitative estimate of drug-likeness (QED) is 0.806. The lowest BCUT2D eigenvalue weighted by Crippen LogP contribution is -2.37. The van der Waals surface area contributed by atoms with Crippen molar-refractivity contribution < 1.29 is 23.1 Å². The fourth-order valence-corrected chi connectivity index (χ4v) is 2.21. The first-order chi connectivity index (χ1) is 12.0. The summed E-state index contributed by atoms with van der Waals surface area (Å²) in [5, 5.41) is 4.96. The third-order valence-electron chi connectivity index (χ3n) is 3.48. The molecule has 0 aromatic heterocycles. The van der Waals surface area contributed by atoms with E-state index in [0.717, 1.165) is 23.3 Å². The molecule has 0 radical (unpaired) electrons. The Morgan fingerprint density at radius 3 is 2.44 bits per heavy atom. The number of carbonyl (C=O) groups is 2. The SMILES string of the molecule is COCc1ccccc1CNC(=O)CNC(=O)c1ccc(F)cc1F. The molecule has 25 heavy (non-hydrogen) atoms. The molecule has 7 heteroatoms. The summed E-state index contributed by atoms with van der Waals surface area (Å²) in [4.78, 5) is 23.7. The van der Waals surface area contributed by atoms with Gasteiger partial charge < -0.3 is 15.4 Å². The molecular weight excluding hydrogens is 330 g/mol. The van der Waals surface area contributed by atoms with E-state index >= 15 is 0 Å². The van der Waals surface area contributed by atoms with Crippen LogP contribution >= 0.6 is 0 Å². The molecule has 2 amide bonds. The molecule has 2 aromatic carbocycles. The van der Waals surface area contributed by atoms with Gasteiger partial charge in [0.05, 0.1) is 18.7 Å². The topological polar surface area (TPSA) is 67.4 Å². The Labute approximate surface area is 144 Å². The summed E-state index contributed by atoms with van der Waals surface area (Å²) >= 11 is 0. The van der Waals surface area contributed by atoms with Crippen LogP contribution in [0, 0.1) is 11.6 Å². The summed E-state index contributed by atoms with van der Waals surface area (Å²) in [5.41, 5.74) is 1.52. The average Bonchev–Trinajstić information content (AvgIpc) is 2.59. The first kappa shape index (κ1) is 18.5. The van der Waals surface area contributed by atoms with E-state index in [1.165, 1.54) is 0 Å². The van der Waals surface area contributed by atoms with Gasteiger partial charge >= 0.3 is 0 Å². The molecular formula is C18H18F2N2O3. The van der Waals surface area contributed by atoms with Gasteiger partial charge in [0.1, 0.15) is 11.6 Å². The maximum absolute atomic E-state index is 13.5. The number of carbonyl (C=O) groups excluding carboxylic acids is 2. The fourth-order valence-electron chi connectivity index (χ4n) is 2.21. The van der Waals surface area contributed by atoms with Crippen LogP contribution in [-0.4, -0.2) is 25.5 Å². The maximum atomic E-state index is 13.5. The molecule has 0 fully saturated rings. The highest BCUT2D eigenvalue weighted by atomic mass is 19.1. The van der Waals surface area contributed by atoms with Crippen molar-refractivity contribution in [3.63, 3.8) is 0 Å². The molecule has 0 aliphatic heterocycles. The van der Waals surface area contributed by atoms with Gasteiger partial charge in [0.25, 0.3) is 5.91 Å². The van der Waals surface area contributed by atoms with Crippen LogP contribution in [0.1, 0.15) is 21.5 Å². The first-order valence-corrected chi connectivity index (χ1v) is 7.57. The third kappa shape index (κ3) is 5.36. The van der Waals surface area contributed by atoms with E-state index in [0.29, 0.717) is 12.7 Å². The standard InChI is InChI=1S/C18H18F2N2O3/c1-25-11-13-5-3-2-4-12(13)9-21-17(23)10-22-18(24)15-7-6-14(19)8-16(15)20/h2-8H,9-11H2,1H3,(H,21,23)(H,22,24). The van der Waals surface area contributed by atoms with Crippen LogP contribution in [0.4, 0.5) is 8.78 Å². The molecule has 0 atom stereocenters. The summed E-state index contributed by atoms with van der Waals surface area (Å²) in [6.07, 6.45) is 0. The molecule has 2 rings (SSSR count). The van der Waals surface area contributed by atoms with E-state index in [2.05, 4.69) is 10.6 Å². The Bertz CT molecular complexity index is 766. The van der Waals surface area contributed by atoms with Crippen LogP contribution < -0.4 is 10.6 Å². The van der Waals surface area contributed by atoms with Gasteiger partial charge in [-0.05, 0) is 23.3 Å². The van der Waals surface area contributed by atoms with Crippen molar-refractivity contribution in [2.75, 3.05) is 13.7 Å². The molecule has 0 saturated heterocycles. The zero-order valence-electron chi connectivity index (χ0n) is 13.6. The molecule has 132 valence electrons. The zero-order chi connectivity index (χ0) is 18.2. The van der Waals surface area contributed by atoms with E-state index in [-0.39, 0.29) is 18.7 Å². The lowest BCUT2D eigenvalue weighted by molar-refractivity contribution is -0.120. The van der Waals surface area contributed by atoms with Crippen LogP contribution in [-0.2, 0) is 22.7 Å². The van der Waals surface area contributed by atoms with Crippen LogP contribution in [0.3, 0.4) is 0 Å². The summed E-state index contributed by atoms with van der Waals surface area (Å²) in [5.74, 6) is -2.97. The highest BCUT2D eigenvalue weighted by molar-refractivity contribution is 5.96. The van der Waals surface area contributed by atoms with Crippen LogP contribution in [0.5, 0.6) is 0 Å². The molecule has 0 heterocycles. The van der Waals surface area contributed by atoms with E-state index in [9.17, 15) is 18.4 Å². The summed E-state index contributed by atoms with van der Waals surface area (Å²) in [6, 6.07) is 10.1. The van der Waals surface area contributed by atoms with E-state index in [4.69, 9.17) is 4.74 Å². The Hall–Kier alpha value is -2.80. The summed E-state index contributed by atoms with van der Waals surface area (Å²) in [7, 11) is 1.58. The number of methoxy groups -OCH3 is 1. The molecule has 5 nitrogen and oxygen atoms in total. The fraction of sp³-hybridized carbons (Fsp3) is 0.222. The second-order valence-corrected chi connectivity index (χ2v) is 5.29. The average molecular weight is 348 g/mol. The highest BCUT2D eigenvalue weighted by Gasteiger charge is 2.13. The van der Waals surface area contributed by atoms with E-state index < -0.39 is 23.4 Å². The number of rotatable bonds is 7. The van der Waals surface area contributed by atoms with Gasteiger partial charge in [-0.25, -0.2) is 8.78 Å². The predicted octanol–water partition coefficient (Wildman–Crippen LogP) is 2.16. The Kier molecular flexibility index (Phi) is 6.59. The van der Waals surface area contributed by atoms with Gasteiger partial charge in [0.2, 0.25) is 5.91 Å². The number of hydrogen-bond donors (Lipinski definition) is 2. The zero-order valence-corrected chi connectivity index (χ0v) is 13.6. The van der Waals surface area contributed by atoms with E-state index in [1.807, 2.05) is 24.3 Å². The number of nitrogens with one attached hydrogen (secondary N) is 2. The molecule has 2 N–H and O–H groups in total. The Morgan fingerprint density at radius 2 is 1.76 bits per heavy atom. The predicted molar refractivity (Wildman–Crippen MR) is 87.7 cm³/mol. The Balaban J connectivity index is 1.86. The first-order valence-electron chi connectivity index (χ1n) is 7.57. The van der Waals surface area contributed by atoms with Gasteiger partial charge in [-0.3, -0.25) is 9.59 Å². The minimum absolute atomic E-state index is 0.277. The minimum Gasteiger partial charge on any atom is -0.380 e. The summed E-state index contributed by atoms with van der Waals surface area (Å²) in [6.45, 7) is 0.383. The van der Waals surface area contributed by atoms with Crippen LogP contribution in [0.15, 0.2) is 42.5 Å². The van der Waals surface area contributed by atoms with Crippen LogP contribution in [0.2, 0.25) is 0 Å². The Morgan fingerprint density at radius 1 is 1.04 bits per heavy atom. The second-order valence-electron chi connectivity index (χ2n) is 5.29. The normalized spacial score (nSPS) is 10.4. The van der Waals surface area contributed by atoms with Crippen molar-refractivity contribution in [1.82, 2.24) is 10.6 Å². The van der Waals surface area contributed by atoms with Crippen LogP contribution in [0.25, 0.3) is 0 Å². The van der Waals surface area contributed by atoms with Gasteiger partial charge in [0.15, 0.2) is 0 Å². The van der Waals surface area contributed by atoms with Crippen molar-refractivity contribution in [3.05, 3.63) is 70.8 Å². The molecule has 0 aliphatic carbocycles. The summed E-state index contributed by atoms with van der Waals surface area (Å²) < 4.78 is 31.4. The van der Waals surface area contributed by atoms with Crippen molar-refractivity contribution in [2.45, 2.75) is 13.2 Å². The monoisotopic (exact) mass is 348 g/mol. The van der Waals surface area contributed by atoms with Gasteiger partial charge in [-0.15, -0.1) is 0 Å². The number of amides is 2. The number of ether oxygens (including phenoxy) is 1. The maximum Gasteiger partial charge on any atom is 0.254 e. The molecule has 0 aliphatic rings. The molecule has 0 saturated carbocycles. The second kappa shape index (κ2) is 8.89. The third-order valence-corrected chi connectivity index (χ3v) is 3.48. The van der Waals surface area contributed by atoms with E-state index in [1.54, 1.807) is 7.11 Å². The van der Waals surface area contributed by atoms with Gasteiger partial charge in [-0.1, -0.05) is 24.3 Å². The molecule has 2 aromatic rings. The number of benzene rings is 2. The highest BCUT2D eigenvalue weighted by Crippen LogP contribution is 2.10. The lowest BCUT2D eigenvalue weighted by atomic mass is 10.1. The molecule has 0 spiro atoms. The lowest BCUT2D eigenvalue weighted by Gasteiger charge is -2.11. The smallest absolute Gasteiger partial charge is 0.254 e. The number of hydrogen-bond acceptors (Lipinski definition) is 3. The number of halogens is 2. The minimum atomic E-state index is -0.980.